The minimum absolute atomic E-state index is 0.202. The summed E-state index contributed by atoms with van der Waals surface area (Å²) in [6, 6.07) is 4.67. The fraction of sp³-hybridized carbons (Fsp3) is 0.538. The molecule has 1 aromatic carbocycles. The molecule has 0 bridgehead atoms. The Hall–Kier alpha value is -3.54. The molecule has 0 radical (unpaired) electrons. The van der Waals surface area contributed by atoms with Crippen LogP contribution in [-0.4, -0.2) is 60.6 Å². The summed E-state index contributed by atoms with van der Waals surface area (Å²) in [5.74, 6) is 0.536. The van der Waals surface area contributed by atoms with Gasteiger partial charge in [-0.1, -0.05) is 44.9 Å². The Balaban J connectivity index is 3.48. The lowest BCUT2D eigenvalue weighted by molar-refractivity contribution is -0.145. The van der Waals surface area contributed by atoms with Crippen LogP contribution in [-0.2, 0) is 23.9 Å². The average Bonchev–Trinajstić information content (AvgIpc) is 2.79. The van der Waals surface area contributed by atoms with E-state index >= 15 is 0 Å². The van der Waals surface area contributed by atoms with Gasteiger partial charge in [-0.25, -0.2) is 4.79 Å². The molecule has 1 aromatic rings. The maximum Gasteiger partial charge on any atom is 0.408 e. The SMILES string of the molecule is C#Cc1ccccc1C(C(=O)NCC(=O)OC)N(CCC)C(=O)C(NC(=O)OC(C)(C)C)C(C)C. The van der Waals surface area contributed by atoms with Crippen molar-refractivity contribution >= 4 is 23.9 Å². The topological polar surface area (TPSA) is 114 Å². The fourth-order valence-corrected chi connectivity index (χ4v) is 3.38. The number of terminal acetylenes is 1. The van der Waals surface area contributed by atoms with Gasteiger partial charge in [0.05, 0.1) is 7.11 Å². The molecule has 2 N–H and O–H groups in total. The summed E-state index contributed by atoms with van der Waals surface area (Å²) in [7, 11) is 1.21. The highest BCUT2D eigenvalue weighted by Crippen LogP contribution is 2.27. The third-order valence-electron chi connectivity index (χ3n) is 4.96. The summed E-state index contributed by atoms with van der Waals surface area (Å²) < 4.78 is 9.95. The summed E-state index contributed by atoms with van der Waals surface area (Å²) in [4.78, 5) is 52.7. The molecule has 3 amide bonds. The highest BCUT2D eigenvalue weighted by Gasteiger charge is 2.38. The number of esters is 1. The Labute approximate surface area is 207 Å². The highest BCUT2D eigenvalue weighted by molar-refractivity contribution is 5.93. The molecule has 1 rings (SSSR count). The van der Waals surface area contributed by atoms with E-state index in [1.807, 2.05) is 6.92 Å². The number of rotatable bonds is 10. The lowest BCUT2D eigenvalue weighted by Gasteiger charge is -2.35. The average molecular weight is 488 g/mol. The number of hydrogen-bond donors (Lipinski definition) is 2. The zero-order chi connectivity index (χ0) is 26.8. The fourth-order valence-electron chi connectivity index (χ4n) is 3.38. The molecule has 2 atom stereocenters. The standard InChI is InChI=1S/C26H37N3O6/c1-9-15-29(24(32)21(17(3)4)28-25(33)35-26(5,6)7)22(23(31)27-16-20(30)34-8)19-14-12-11-13-18(19)10-2/h2,11-14,17,21-22H,9,15-16H2,1,3-8H3,(H,27,31)(H,28,33). The maximum absolute atomic E-state index is 13.8. The van der Waals surface area contributed by atoms with Gasteiger partial charge in [-0.2, -0.15) is 0 Å². The minimum Gasteiger partial charge on any atom is -0.468 e. The number of amides is 3. The quantitative estimate of drug-likeness (QED) is 0.388. The van der Waals surface area contributed by atoms with Crippen LogP contribution in [0, 0.1) is 18.3 Å². The molecule has 35 heavy (non-hydrogen) atoms. The molecule has 0 saturated carbocycles. The molecular formula is C26H37N3O6. The van der Waals surface area contributed by atoms with Gasteiger partial charge in [0.15, 0.2) is 0 Å². The second kappa shape index (κ2) is 13.4. The van der Waals surface area contributed by atoms with Gasteiger partial charge in [0.25, 0.3) is 0 Å². The van der Waals surface area contributed by atoms with E-state index in [9.17, 15) is 19.2 Å². The molecule has 0 heterocycles. The van der Waals surface area contributed by atoms with Gasteiger partial charge in [0.1, 0.15) is 24.2 Å². The van der Waals surface area contributed by atoms with Crippen LogP contribution in [0.2, 0.25) is 0 Å². The summed E-state index contributed by atoms with van der Waals surface area (Å²) in [6.07, 6.45) is 5.47. The van der Waals surface area contributed by atoms with Crippen molar-refractivity contribution < 1.29 is 28.7 Å². The number of carbonyl (C=O) groups is 4. The van der Waals surface area contributed by atoms with E-state index in [4.69, 9.17) is 11.2 Å². The van der Waals surface area contributed by atoms with Gasteiger partial charge in [-0.3, -0.25) is 14.4 Å². The Morgan fingerprint density at radius 3 is 2.29 bits per heavy atom. The van der Waals surface area contributed by atoms with E-state index in [1.54, 1.807) is 58.9 Å². The Morgan fingerprint density at radius 2 is 1.77 bits per heavy atom. The van der Waals surface area contributed by atoms with Crippen LogP contribution in [0.1, 0.15) is 65.1 Å². The van der Waals surface area contributed by atoms with Gasteiger partial charge in [0, 0.05) is 12.1 Å². The van der Waals surface area contributed by atoms with E-state index in [0.29, 0.717) is 17.5 Å². The molecule has 0 aliphatic carbocycles. The predicted octanol–water partition coefficient (Wildman–Crippen LogP) is 2.79. The number of ether oxygens (including phenoxy) is 2. The van der Waals surface area contributed by atoms with Crippen molar-refractivity contribution in [1.29, 1.82) is 0 Å². The highest BCUT2D eigenvalue weighted by atomic mass is 16.6. The predicted molar refractivity (Wildman–Crippen MR) is 132 cm³/mol. The summed E-state index contributed by atoms with van der Waals surface area (Å²) >= 11 is 0. The molecule has 9 nitrogen and oxygen atoms in total. The smallest absolute Gasteiger partial charge is 0.408 e. The largest absolute Gasteiger partial charge is 0.468 e. The van der Waals surface area contributed by atoms with Gasteiger partial charge < -0.3 is 25.0 Å². The third-order valence-corrected chi connectivity index (χ3v) is 4.96. The van der Waals surface area contributed by atoms with Crippen LogP contribution < -0.4 is 10.6 Å². The minimum atomic E-state index is -1.14. The number of methoxy groups -OCH3 is 1. The normalized spacial score (nSPS) is 12.7. The monoisotopic (exact) mass is 487 g/mol. The Bertz CT molecular complexity index is 945. The van der Waals surface area contributed by atoms with Crippen molar-refractivity contribution in [3.05, 3.63) is 35.4 Å². The first kappa shape index (κ1) is 29.5. The first-order chi connectivity index (χ1) is 16.4. The molecule has 2 unspecified atom stereocenters. The van der Waals surface area contributed by atoms with Crippen LogP contribution in [0.25, 0.3) is 0 Å². The zero-order valence-electron chi connectivity index (χ0n) is 21.6. The van der Waals surface area contributed by atoms with Crippen LogP contribution in [0.3, 0.4) is 0 Å². The number of nitrogens with one attached hydrogen (secondary N) is 2. The van der Waals surface area contributed by atoms with Crippen molar-refractivity contribution in [3.8, 4) is 12.3 Å². The molecule has 0 aliphatic heterocycles. The lowest BCUT2D eigenvalue weighted by Crippen LogP contribution is -2.55. The molecule has 192 valence electrons. The lowest BCUT2D eigenvalue weighted by atomic mass is 9.95. The summed E-state index contributed by atoms with van der Waals surface area (Å²) in [6.45, 7) is 10.4. The number of alkyl carbamates (subject to hydrolysis) is 1. The van der Waals surface area contributed by atoms with Crippen LogP contribution in [0.15, 0.2) is 24.3 Å². The summed E-state index contributed by atoms with van der Waals surface area (Å²) in [5.41, 5.74) is 0.111. The van der Waals surface area contributed by atoms with E-state index in [2.05, 4.69) is 21.3 Å². The molecule has 0 aromatic heterocycles. The van der Waals surface area contributed by atoms with E-state index in [1.165, 1.54) is 12.0 Å². The van der Waals surface area contributed by atoms with Crippen molar-refractivity contribution in [1.82, 2.24) is 15.5 Å². The second-order valence-electron chi connectivity index (χ2n) is 9.33. The second-order valence-corrected chi connectivity index (χ2v) is 9.33. The van der Waals surface area contributed by atoms with Gasteiger partial charge in [-0.05, 0) is 44.7 Å². The maximum atomic E-state index is 13.8. The van der Waals surface area contributed by atoms with Gasteiger partial charge >= 0.3 is 12.1 Å². The molecule has 9 heteroatoms. The molecule has 0 spiro atoms. The number of carbonyl (C=O) groups excluding carboxylic acids is 4. The summed E-state index contributed by atoms with van der Waals surface area (Å²) in [5, 5.41) is 5.18. The number of nitrogens with zero attached hydrogens (tertiary/aromatic N) is 1. The number of hydrogen-bond acceptors (Lipinski definition) is 6. The zero-order valence-corrected chi connectivity index (χ0v) is 21.6. The first-order valence-corrected chi connectivity index (χ1v) is 11.6. The molecule has 0 fully saturated rings. The van der Waals surface area contributed by atoms with Crippen LogP contribution in [0.5, 0.6) is 0 Å². The Morgan fingerprint density at radius 1 is 1.14 bits per heavy atom. The van der Waals surface area contributed by atoms with Gasteiger partial charge in [0.2, 0.25) is 11.8 Å². The molecular weight excluding hydrogens is 450 g/mol. The van der Waals surface area contributed by atoms with Crippen molar-refractivity contribution in [2.45, 2.75) is 65.6 Å². The van der Waals surface area contributed by atoms with Crippen LogP contribution >= 0.6 is 0 Å². The van der Waals surface area contributed by atoms with E-state index in [0.717, 1.165) is 0 Å². The molecule has 0 saturated heterocycles. The molecule has 0 aliphatic rings. The van der Waals surface area contributed by atoms with Gasteiger partial charge in [-0.15, -0.1) is 6.42 Å². The van der Waals surface area contributed by atoms with Crippen molar-refractivity contribution in [2.75, 3.05) is 20.2 Å². The number of benzene rings is 1. The van der Waals surface area contributed by atoms with E-state index in [-0.39, 0.29) is 19.0 Å². The van der Waals surface area contributed by atoms with Crippen molar-refractivity contribution in [2.24, 2.45) is 5.92 Å². The van der Waals surface area contributed by atoms with E-state index < -0.39 is 41.6 Å². The van der Waals surface area contributed by atoms with Crippen molar-refractivity contribution in [3.63, 3.8) is 0 Å². The third kappa shape index (κ3) is 8.96. The Kier molecular flexibility index (Phi) is 11.3. The first-order valence-electron chi connectivity index (χ1n) is 11.6. The van der Waals surface area contributed by atoms with Crippen LogP contribution in [0.4, 0.5) is 4.79 Å².